The Kier molecular flexibility index (Phi) is 4.72. The van der Waals surface area contributed by atoms with E-state index in [-0.39, 0.29) is 18.7 Å². The van der Waals surface area contributed by atoms with Crippen molar-refractivity contribution in [3.8, 4) is 0 Å². The molecule has 0 aliphatic rings. The smallest absolute Gasteiger partial charge is 0.304 e. The molecule has 1 atom stereocenters. The maximum atomic E-state index is 11.1. The maximum Gasteiger partial charge on any atom is 0.304 e. The molecule has 0 heterocycles. The molecule has 0 saturated heterocycles. The molecule has 0 radical (unpaired) electrons. The minimum atomic E-state index is -1.05. The summed E-state index contributed by atoms with van der Waals surface area (Å²) in [6.07, 6.45) is -0.0473. The molecular formula is C8H13NO4. The van der Waals surface area contributed by atoms with Crippen LogP contribution < -0.4 is 5.32 Å². The third-order valence-corrected chi connectivity index (χ3v) is 1.51. The van der Waals surface area contributed by atoms with E-state index >= 15 is 0 Å². The van der Waals surface area contributed by atoms with Crippen molar-refractivity contribution in [2.75, 3.05) is 0 Å². The van der Waals surface area contributed by atoms with Crippen molar-refractivity contribution in [1.82, 2.24) is 5.32 Å². The molecule has 13 heavy (non-hydrogen) atoms. The molecule has 0 aromatic heterocycles. The van der Waals surface area contributed by atoms with Crippen molar-refractivity contribution in [3.63, 3.8) is 0 Å². The van der Waals surface area contributed by atoms with Crippen molar-refractivity contribution in [1.29, 1.82) is 0 Å². The van der Waals surface area contributed by atoms with Crippen LogP contribution in [0.25, 0.3) is 0 Å². The number of carbonyl (C=O) groups is 3. The highest BCUT2D eigenvalue weighted by Crippen LogP contribution is 2.01. The van der Waals surface area contributed by atoms with Crippen molar-refractivity contribution in [3.05, 3.63) is 0 Å². The van der Waals surface area contributed by atoms with Crippen molar-refractivity contribution in [2.45, 2.75) is 26.7 Å². The topological polar surface area (TPSA) is 83.5 Å². The lowest BCUT2D eigenvalue weighted by Crippen LogP contribution is -2.34. The zero-order valence-electron chi connectivity index (χ0n) is 7.66. The second kappa shape index (κ2) is 5.29. The molecule has 0 saturated carbocycles. The van der Waals surface area contributed by atoms with Gasteiger partial charge in [-0.05, 0) is 0 Å². The van der Waals surface area contributed by atoms with Gasteiger partial charge in [0.25, 0.3) is 0 Å². The summed E-state index contributed by atoms with van der Waals surface area (Å²) < 4.78 is 0. The molecule has 0 aliphatic carbocycles. The monoisotopic (exact) mass is 187 g/mol. The van der Waals surface area contributed by atoms with Crippen molar-refractivity contribution in [2.24, 2.45) is 5.92 Å². The van der Waals surface area contributed by atoms with E-state index in [4.69, 9.17) is 5.11 Å². The van der Waals surface area contributed by atoms with Gasteiger partial charge in [-0.2, -0.15) is 0 Å². The van der Waals surface area contributed by atoms with E-state index in [9.17, 15) is 14.4 Å². The van der Waals surface area contributed by atoms with Gasteiger partial charge in [0.2, 0.25) is 11.8 Å². The molecule has 0 aromatic rings. The SMILES string of the molecule is CCC(=O)NC(=O)C(C)CC(=O)O. The van der Waals surface area contributed by atoms with E-state index < -0.39 is 17.8 Å². The molecule has 0 bridgehead atoms. The zero-order chi connectivity index (χ0) is 10.4. The standard InChI is InChI=1S/C8H13NO4/c1-3-6(10)9-8(13)5(2)4-7(11)12/h5H,3-4H2,1-2H3,(H,11,12)(H,9,10,13). The van der Waals surface area contributed by atoms with Gasteiger partial charge in [-0.25, -0.2) is 0 Å². The zero-order valence-corrected chi connectivity index (χ0v) is 7.66. The number of imide groups is 1. The Bertz CT molecular complexity index is 224. The summed E-state index contributed by atoms with van der Waals surface area (Å²) in [6, 6.07) is 0. The quantitative estimate of drug-likeness (QED) is 0.656. The Labute approximate surface area is 76.1 Å². The highest BCUT2D eigenvalue weighted by molar-refractivity contribution is 5.96. The lowest BCUT2D eigenvalue weighted by atomic mass is 10.1. The van der Waals surface area contributed by atoms with Crippen LogP contribution in [0.3, 0.4) is 0 Å². The molecule has 5 heteroatoms. The number of amides is 2. The van der Waals surface area contributed by atoms with E-state index in [1.807, 2.05) is 0 Å². The fraction of sp³-hybridized carbons (Fsp3) is 0.625. The highest BCUT2D eigenvalue weighted by Gasteiger charge is 2.17. The Balaban J connectivity index is 3.96. The number of carboxylic acid groups (broad SMARTS) is 1. The fourth-order valence-corrected chi connectivity index (χ4v) is 0.704. The van der Waals surface area contributed by atoms with Gasteiger partial charge in [-0.3, -0.25) is 19.7 Å². The summed E-state index contributed by atoms with van der Waals surface area (Å²) >= 11 is 0. The van der Waals surface area contributed by atoms with Gasteiger partial charge in [-0.1, -0.05) is 13.8 Å². The average Bonchev–Trinajstić information content (AvgIpc) is 2.02. The first-order valence-corrected chi connectivity index (χ1v) is 4.02. The third-order valence-electron chi connectivity index (χ3n) is 1.51. The largest absolute Gasteiger partial charge is 0.481 e. The molecule has 0 fully saturated rings. The maximum absolute atomic E-state index is 11.1. The van der Waals surface area contributed by atoms with E-state index in [1.165, 1.54) is 6.92 Å². The highest BCUT2D eigenvalue weighted by atomic mass is 16.4. The second-order valence-corrected chi connectivity index (χ2v) is 2.76. The predicted octanol–water partition coefficient (Wildman–Crippen LogP) is 0.150. The van der Waals surface area contributed by atoms with E-state index in [2.05, 4.69) is 5.32 Å². The molecule has 0 rings (SSSR count). The Hall–Kier alpha value is -1.39. The van der Waals surface area contributed by atoms with Crippen LogP contribution in [0.1, 0.15) is 26.7 Å². The second-order valence-electron chi connectivity index (χ2n) is 2.76. The van der Waals surface area contributed by atoms with Gasteiger partial charge in [0.15, 0.2) is 0 Å². The summed E-state index contributed by atoms with van der Waals surface area (Å²) in [6.45, 7) is 3.08. The first-order chi connectivity index (χ1) is 5.97. The number of aliphatic carboxylic acids is 1. The minimum Gasteiger partial charge on any atom is -0.481 e. The fourth-order valence-electron chi connectivity index (χ4n) is 0.704. The van der Waals surface area contributed by atoms with Gasteiger partial charge >= 0.3 is 5.97 Å². The van der Waals surface area contributed by atoms with E-state index in [0.29, 0.717) is 0 Å². The summed E-state index contributed by atoms with van der Waals surface area (Å²) in [4.78, 5) is 32.0. The van der Waals surface area contributed by atoms with Gasteiger partial charge in [-0.15, -0.1) is 0 Å². The molecule has 1 unspecified atom stereocenters. The van der Waals surface area contributed by atoms with E-state index in [0.717, 1.165) is 0 Å². The molecule has 2 amide bonds. The average molecular weight is 187 g/mol. The van der Waals surface area contributed by atoms with Crippen LogP contribution in [-0.2, 0) is 14.4 Å². The molecule has 5 nitrogen and oxygen atoms in total. The molecular weight excluding hydrogens is 174 g/mol. The van der Waals surface area contributed by atoms with Crippen LogP contribution in [0.4, 0.5) is 0 Å². The van der Waals surface area contributed by atoms with Crippen molar-refractivity contribution < 1.29 is 19.5 Å². The van der Waals surface area contributed by atoms with Crippen LogP contribution in [0, 0.1) is 5.92 Å². The van der Waals surface area contributed by atoms with Gasteiger partial charge in [0.1, 0.15) is 0 Å². The molecule has 0 aromatic carbocycles. The van der Waals surface area contributed by atoms with Crippen LogP contribution >= 0.6 is 0 Å². The Morgan fingerprint density at radius 2 is 1.92 bits per heavy atom. The number of nitrogens with one attached hydrogen (secondary N) is 1. The first kappa shape index (κ1) is 11.6. The minimum absolute atomic E-state index is 0.214. The molecule has 0 spiro atoms. The summed E-state index contributed by atoms with van der Waals surface area (Å²) in [7, 11) is 0. The number of carboxylic acids is 1. The normalized spacial score (nSPS) is 11.8. The van der Waals surface area contributed by atoms with Crippen LogP contribution in [-0.4, -0.2) is 22.9 Å². The van der Waals surface area contributed by atoms with Crippen LogP contribution in [0.15, 0.2) is 0 Å². The summed E-state index contributed by atoms with van der Waals surface area (Å²) in [5, 5.41) is 10.5. The third kappa shape index (κ3) is 4.95. The lowest BCUT2D eigenvalue weighted by Gasteiger charge is -2.07. The number of hydrogen-bond donors (Lipinski definition) is 2. The van der Waals surface area contributed by atoms with E-state index in [1.54, 1.807) is 6.92 Å². The number of carbonyl (C=O) groups excluding carboxylic acids is 2. The molecule has 2 N–H and O–H groups in total. The number of hydrogen-bond acceptors (Lipinski definition) is 3. The van der Waals surface area contributed by atoms with Gasteiger partial charge in [0.05, 0.1) is 6.42 Å². The number of rotatable bonds is 4. The first-order valence-electron chi connectivity index (χ1n) is 4.02. The van der Waals surface area contributed by atoms with Gasteiger partial charge < -0.3 is 5.11 Å². The Morgan fingerprint density at radius 1 is 1.38 bits per heavy atom. The lowest BCUT2D eigenvalue weighted by molar-refractivity contribution is -0.142. The molecule has 74 valence electrons. The summed E-state index contributed by atoms with van der Waals surface area (Å²) in [5.41, 5.74) is 0. The van der Waals surface area contributed by atoms with Crippen LogP contribution in [0.5, 0.6) is 0 Å². The molecule has 0 aliphatic heterocycles. The van der Waals surface area contributed by atoms with Crippen molar-refractivity contribution >= 4 is 17.8 Å². The van der Waals surface area contributed by atoms with Crippen LogP contribution in [0.2, 0.25) is 0 Å². The summed E-state index contributed by atoms with van der Waals surface area (Å²) in [5.74, 6) is -2.64. The predicted molar refractivity (Wildman–Crippen MR) is 44.9 cm³/mol. The Morgan fingerprint density at radius 3 is 2.31 bits per heavy atom. The van der Waals surface area contributed by atoms with Gasteiger partial charge in [0, 0.05) is 12.3 Å².